The molecule has 0 atom stereocenters. The Bertz CT molecular complexity index is 321. The zero-order chi connectivity index (χ0) is 12.1. The average Bonchev–Trinajstić information content (AvgIpc) is 2.42. The van der Waals surface area contributed by atoms with E-state index >= 15 is 0 Å². The second kappa shape index (κ2) is 6.06. The van der Waals surface area contributed by atoms with Gasteiger partial charge in [-0.2, -0.15) is 0 Å². The van der Waals surface area contributed by atoms with Gasteiger partial charge in [0.25, 0.3) is 0 Å². The van der Waals surface area contributed by atoms with Crippen molar-refractivity contribution in [3.8, 4) is 0 Å². The molecule has 0 spiro atoms. The highest BCUT2D eigenvalue weighted by molar-refractivity contribution is 5.48. The number of hydrogen-bond donors (Lipinski definition) is 1. The molecule has 1 heterocycles. The Hall–Kier alpha value is -1.02. The fraction of sp³-hybridized carbons (Fsp3) is 0.600. The van der Waals surface area contributed by atoms with E-state index in [9.17, 15) is 0 Å². The molecule has 17 heavy (non-hydrogen) atoms. The maximum absolute atomic E-state index is 3.39. The van der Waals surface area contributed by atoms with Crippen molar-refractivity contribution in [3.63, 3.8) is 0 Å². The van der Waals surface area contributed by atoms with Gasteiger partial charge in [-0.25, -0.2) is 0 Å². The normalized spacial score (nSPS) is 16.5. The summed E-state index contributed by atoms with van der Waals surface area (Å²) in [6.45, 7) is 9.02. The van der Waals surface area contributed by atoms with Gasteiger partial charge in [-0.05, 0) is 36.5 Å². The Morgan fingerprint density at radius 3 is 2.18 bits per heavy atom. The van der Waals surface area contributed by atoms with Gasteiger partial charge in [0, 0.05) is 31.9 Å². The average molecular weight is 232 g/mol. The Morgan fingerprint density at radius 2 is 1.65 bits per heavy atom. The summed E-state index contributed by atoms with van der Waals surface area (Å²) in [6, 6.07) is 9.21. The van der Waals surface area contributed by atoms with Crippen LogP contribution in [0.25, 0.3) is 0 Å². The lowest BCUT2D eigenvalue weighted by molar-refractivity contribution is 0.589. The number of hydrogen-bond acceptors (Lipinski definition) is 2. The van der Waals surface area contributed by atoms with Crippen LogP contribution in [0.15, 0.2) is 24.3 Å². The van der Waals surface area contributed by atoms with E-state index in [0.29, 0.717) is 0 Å². The van der Waals surface area contributed by atoms with E-state index in [1.807, 2.05) is 0 Å². The first-order valence-corrected chi connectivity index (χ1v) is 6.90. The van der Waals surface area contributed by atoms with Crippen LogP contribution < -0.4 is 10.2 Å². The van der Waals surface area contributed by atoms with E-state index in [1.165, 1.54) is 24.1 Å². The highest BCUT2D eigenvalue weighted by Crippen LogP contribution is 2.25. The van der Waals surface area contributed by atoms with Crippen LogP contribution in [0.3, 0.4) is 0 Å². The van der Waals surface area contributed by atoms with Gasteiger partial charge in [-0.3, -0.25) is 0 Å². The Morgan fingerprint density at radius 1 is 1.06 bits per heavy atom. The topological polar surface area (TPSA) is 15.3 Å². The number of nitrogens with one attached hydrogen (secondary N) is 1. The van der Waals surface area contributed by atoms with Crippen molar-refractivity contribution < 1.29 is 0 Å². The molecular formula is C15H24N2. The third kappa shape index (κ3) is 3.01. The van der Waals surface area contributed by atoms with E-state index < -0.39 is 0 Å². The SMILES string of the molecule is CCC(CC)c1ccc(N2CCNCC2)cc1. The van der Waals surface area contributed by atoms with Crippen LogP contribution in [-0.4, -0.2) is 26.2 Å². The standard InChI is InChI=1S/C15H24N2/c1-3-13(4-2)14-5-7-15(8-6-14)17-11-9-16-10-12-17/h5-8,13,16H,3-4,9-12H2,1-2H3. The van der Waals surface area contributed by atoms with E-state index in [-0.39, 0.29) is 0 Å². The number of anilines is 1. The predicted molar refractivity (Wildman–Crippen MR) is 74.8 cm³/mol. The van der Waals surface area contributed by atoms with Crippen LogP contribution in [0.5, 0.6) is 0 Å². The lowest BCUT2D eigenvalue weighted by atomic mass is 9.94. The molecule has 2 heteroatoms. The number of piperazine rings is 1. The molecule has 0 saturated carbocycles. The molecule has 1 aliphatic heterocycles. The molecule has 1 aliphatic rings. The first kappa shape index (κ1) is 12.4. The summed E-state index contributed by atoms with van der Waals surface area (Å²) in [5, 5.41) is 3.39. The highest BCUT2D eigenvalue weighted by atomic mass is 15.2. The van der Waals surface area contributed by atoms with Crippen LogP contribution in [-0.2, 0) is 0 Å². The van der Waals surface area contributed by atoms with Crippen molar-refractivity contribution in [3.05, 3.63) is 29.8 Å². The second-order valence-corrected chi connectivity index (χ2v) is 4.84. The predicted octanol–water partition coefficient (Wildman–Crippen LogP) is 3.00. The molecule has 0 aromatic heterocycles. The summed E-state index contributed by atoms with van der Waals surface area (Å²) in [4.78, 5) is 2.47. The van der Waals surface area contributed by atoms with Crippen LogP contribution in [0.1, 0.15) is 38.2 Å². The van der Waals surface area contributed by atoms with E-state index in [2.05, 4.69) is 48.3 Å². The summed E-state index contributed by atoms with van der Waals surface area (Å²) >= 11 is 0. The van der Waals surface area contributed by atoms with Gasteiger partial charge in [0.2, 0.25) is 0 Å². The number of nitrogens with zero attached hydrogens (tertiary/aromatic N) is 1. The Kier molecular flexibility index (Phi) is 4.43. The third-order valence-electron chi connectivity index (χ3n) is 3.83. The van der Waals surface area contributed by atoms with Crippen molar-refractivity contribution in [2.45, 2.75) is 32.6 Å². The summed E-state index contributed by atoms with van der Waals surface area (Å²) in [5.74, 6) is 0.729. The van der Waals surface area contributed by atoms with E-state index in [4.69, 9.17) is 0 Å². The van der Waals surface area contributed by atoms with Crippen molar-refractivity contribution in [1.29, 1.82) is 0 Å². The monoisotopic (exact) mass is 232 g/mol. The lowest BCUT2D eigenvalue weighted by Crippen LogP contribution is -2.43. The molecule has 2 nitrogen and oxygen atoms in total. The van der Waals surface area contributed by atoms with Crippen molar-refractivity contribution in [2.24, 2.45) is 0 Å². The third-order valence-corrected chi connectivity index (χ3v) is 3.83. The fourth-order valence-electron chi connectivity index (χ4n) is 2.64. The molecule has 94 valence electrons. The molecule has 0 bridgehead atoms. The smallest absolute Gasteiger partial charge is 0.0367 e. The van der Waals surface area contributed by atoms with Crippen LogP contribution >= 0.6 is 0 Å². The highest BCUT2D eigenvalue weighted by Gasteiger charge is 2.11. The van der Waals surface area contributed by atoms with E-state index in [1.54, 1.807) is 0 Å². The van der Waals surface area contributed by atoms with Gasteiger partial charge < -0.3 is 10.2 Å². The van der Waals surface area contributed by atoms with Gasteiger partial charge in [-0.15, -0.1) is 0 Å². The fourth-order valence-corrected chi connectivity index (χ4v) is 2.64. The van der Waals surface area contributed by atoms with Crippen LogP contribution in [0, 0.1) is 0 Å². The van der Waals surface area contributed by atoms with Crippen LogP contribution in [0.4, 0.5) is 5.69 Å². The first-order valence-electron chi connectivity index (χ1n) is 6.90. The zero-order valence-electron chi connectivity index (χ0n) is 11.1. The second-order valence-electron chi connectivity index (χ2n) is 4.84. The van der Waals surface area contributed by atoms with Gasteiger partial charge in [0.15, 0.2) is 0 Å². The minimum Gasteiger partial charge on any atom is -0.369 e. The molecule has 1 saturated heterocycles. The summed E-state index contributed by atoms with van der Waals surface area (Å²) < 4.78 is 0. The lowest BCUT2D eigenvalue weighted by Gasteiger charge is -2.29. The molecule has 0 aliphatic carbocycles. The Labute approximate surface area is 105 Å². The summed E-state index contributed by atoms with van der Waals surface area (Å²) in [7, 11) is 0. The van der Waals surface area contributed by atoms with Crippen molar-refractivity contribution in [1.82, 2.24) is 5.32 Å². The van der Waals surface area contributed by atoms with Gasteiger partial charge in [0.1, 0.15) is 0 Å². The molecule has 0 unspecified atom stereocenters. The summed E-state index contributed by atoms with van der Waals surface area (Å²) in [6.07, 6.45) is 2.48. The van der Waals surface area contributed by atoms with Crippen molar-refractivity contribution >= 4 is 5.69 Å². The van der Waals surface area contributed by atoms with Gasteiger partial charge in [0.05, 0.1) is 0 Å². The largest absolute Gasteiger partial charge is 0.369 e. The molecule has 1 aromatic rings. The number of benzene rings is 1. The van der Waals surface area contributed by atoms with Crippen molar-refractivity contribution in [2.75, 3.05) is 31.1 Å². The maximum Gasteiger partial charge on any atom is 0.0367 e. The van der Waals surface area contributed by atoms with Gasteiger partial charge >= 0.3 is 0 Å². The molecule has 1 aromatic carbocycles. The van der Waals surface area contributed by atoms with E-state index in [0.717, 1.165) is 32.1 Å². The molecule has 2 rings (SSSR count). The summed E-state index contributed by atoms with van der Waals surface area (Å²) in [5.41, 5.74) is 2.87. The molecule has 1 fully saturated rings. The quantitative estimate of drug-likeness (QED) is 0.858. The van der Waals surface area contributed by atoms with Crippen LogP contribution in [0.2, 0.25) is 0 Å². The zero-order valence-corrected chi connectivity index (χ0v) is 11.1. The number of rotatable bonds is 4. The minimum atomic E-state index is 0.729. The molecule has 0 radical (unpaired) electrons. The maximum atomic E-state index is 3.39. The Balaban J connectivity index is 2.06. The minimum absolute atomic E-state index is 0.729. The molecule has 0 amide bonds. The van der Waals surface area contributed by atoms with Gasteiger partial charge in [-0.1, -0.05) is 26.0 Å². The molecule has 1 N–H and O–H groups in total. The first-order chi connectivity index (χ1) is 8.35. The molecular weight excluding hydrogens is 208 g/mol.